The molecular weight excluding hydrogens is 310 g/mol. The summed E-state index contributed by atoms with van der Waals surface area (Å²) in [5, 5.41) is 4.43. The number of aryl methyl sites for hydroxylation is 1. The molecule has 1 nitrogen and oxygen atoms in total. The molecule has 0 spiro atoms. The van der Waals surface area contributed by atoms with Crippen molar-refractivity contribution in [3.63, 3.8) is 0 Å². The van der Waals surface area contributed by atoms with Gasteiger partial charge in [-0.3, -0.25) is 0 Å². The number of rotatable bonds is 5. The molecular formula is C15H23BrClN. The summed E-state index contributed by atoms with van der Waals surface area (Å²) < 4.78 is 1.04. The minimum atomic E-state index is 0.276. The van der Waals surface area contributed by atoms with Gasteiger partial charge in [-0.2, -0.15) is 0 Å². The van der Waals surface area contributed by atoms with Gasteiger partial charge in [0, 0.05) is 15.5 Å². The number of nitrogens with one attached hydrogen (secondary N) is 1. The maximum atomic E-state index is 6.25. The van der Waals surface area contributed by atoms with Crippen molar-refractivity contribution in [2.24, 2.45) is 5.41 Å². The molecule has 3 heteroatoms. The maximum Gasteiger partial charge on any atom is 0.0449 e. The molecule has 18 heavy (non-hydrogen) atoms. The number of hydrogen-bond acceptors (Lipinski definition) is 1. The van der Waals surface area contributed by atoms with Gasteiger partial charge >= 0.3 is 0 Å². The van der Waals surface area contributed by atoms with Crippen molar-refractivity contribution in [1.82, 2.24) is 5.32 Å². The quantitative estimate of drug-likeness (QED) is 0.794. The van der Waals surface area contributed by atoms with Gasteiger partial charge in [0.25, 0.3) is 0 Å². The summed E-state index contributed by atoms with van der Waals surface area (Å²) >= 11 is 9.69. The highest BCUT2D eigenvalue weighted by atomic mass is 79.9. The Morgan fingerprint density at radius 1 is 1.33 bits per heavy atom. The molecule has 1 rings (SSSR count). The lowest BCUT2D eigenvalue weighted by molar-refractivity contribution is 0.258. The topological polar surface area (TPSA) is 12.0 Å². The third-order valence-electron chi connectivity index (χ3n) is 3.21. The normalized spacial score (nSPS) is 13.7. The van der Waals surface area contributed by atoms with E-state index in [0.717, 1.165) is 28.9 Å². The predicted octanol–water partition coefficient (Wildman–Crippen LogP) is 5.06. The molecule has 0 aromatic heterocycles. The summed E-state index contributed by atoms with van der Waals surface area (Å²) in [6.07, 6.45) is 2.12. The van der Waals surface area contributed by atoms with Crippen molar-refractivity contribution in [3.8, 4) is 0 Å². The summed E-state index contributed by atoms with van der Waals surface area (Å²) in [5.74, 6) is 0. The van der Waals surface area contributed by atoms with Crippen LogP contribution in [-0.2, 0) is 6.42 Å². The predicted molar refractivity (Wildman–Crippen MR) is 84.4 cm³/mol. The van der Waals surface area contributed by atoms with Crippen molar-refractivity contribution in [2.45, 2.75) is 46.6 Å². The highest BCUT2D eigenvalue weighted by Crippen LogP contribution is 2.26. The van der Waals surface area contributed by atoms with Crippen LogP contribution in [-0.4, -0.2) is 12.6 Å². The van der Waals surface area contributed by atoms with Crippen LogP contribution in [0.25, 0.3) is 0 Å². The average Bonchev–Trinajstić information content (AvgIpc) is 2.24. The zero-order valence-corrected chi connectivity index (χ0v) is 14.0. The molecule has 0 amide bonds. The van der Waals surface area contributed by atoms with E-state index in [1.54, 1.807) is 0 Å². The molecule has 0 heterocycles. The first-order valence-corrected chi connectivity index (χ1v) is 7.69. The van der Waals surface area contributed by atoms with Gasteiger partial charge in [0.2, 0.25) is 0 Å². The van der Waals surface area contributed by atoms with Gasteiger partial charge in [0.05, 0.1) is 0 Å². The van der Waals surface area contributed by atoms with E-state index < -0.39 is 0 Å². The van der Waals surface area contributed by atoms with Gasteiger partial charge in [-0.25, -0.2) is 0 Å². The lowest BCUT2D eigenvalue weighted by Crippen LogP contribution is -2.40. The zero-order chi connectivity index (χ0) is 13.8. The second-order valence-electron chi connectivity index (χ2n) is 5.75. The lowest BCUT2D eigenvalue weighted by Gasteiger charge is -2.31. The van der Waals surface area contributed by atoms with E-state index in [0.29, 0.717) is 6.04 Å². The Labute approximate surface area is 124 Å². The smallest absolute Gasteiger partial charge is 0.0449 e. The van der Waals surface area contributed by atoms with E-state index >= 15 is 0 Å². The molecule has 1 unspecified atom stereocenters. The Bertz CT molecular complexity index is 385. The number of benzene rings is 1. The molecule has 0 aliphatic heterocycles. The van der Waals surface area contributed by atoms with Crippen LogP contribution in [0.15, 0.2) is 22.7 Å². The highest BCUT2D eigenvalue weighted by molar-refractivity contribution is 9.10. The van der Waals surface area contributed by atoms with E-state index in [2.05, 4.69) is 61.1 Å². The Balaban J connectivity index is 2.67. The highest BCUT2D eigenvalue weighted by Gasteiger charge is 2.23. The third kappa shape index (κ3) is 4.91. The fourth-order valence-electron chi connectivity index (χ4n) is 2.11. The van der Waals surface area contributed by atoms with Gasteiger partial charge < -0.3 is 5.32 Å². The zero-order valence-electron chi connectivity index (χ0n) is 11.7. The Hall–Kier alpha value is -0.0500. The van der Waals surface area contributed by atoms with Gasteiger partial charge in [-0.1, -0.05) is 61.3 Å². The first kappa shape index (κ1) is 16.0. The molecule has 1 N–H and O–H groups in total. The second-order valence-corrected chi connectivity index (χ2v) is 7.07. The molecule has 1 atom stereocenters. The van der Waals surface area contributed by atoms with Gasteiger partial charge in [-0.15, -0.1) is 0 Å². The van der Waals surface area contributed by atoms with Gasteiger partial charge in [-0.05, 0) is 42.5 Å². The van der Waals surface area contributed by atoms with E-state index in [-0.39, 0.29) is 5.41 Å². The largest absolute Gasteiger partial charge is 0.314 e. The molecule has 1 aromatic rings. The summed E-state index contributed by atoms with van der Waals surface area (Å²) in [5.41, 5.74) is 1.50. The molecule has 0 saturated heterocycles. The second kappa shape index (κ2) is 6.93. The molecule has 0 saturated carbocycles. The summed E-state index contributed by atoms with van der Waals surface area (Å²) in [6, 6.07) is 6.65. The van der Waals surface area contributed by atoms with Crippen LogP contribution in [0, 0.1) is 5.41 Å². The Morgan fingerprint density at radius 3 is 2.50 bits per heavy atom. The fourth-order valence-corrected chi connectivity index (χ4v) is 2.88. The van der Waals surface area contributed by atoms with Crippen LogP contribution in [0.4, 0.5) is 0 Å². The summed E-state index contributed by atoms with van der Waals surface area (Å²) in [6.45, 7) is 10.0. The van der Waals surface area contributed by atoms with Gasteiger partial charge in [0.15, 0.2) is 0 Å². The van der Waals surface area contributed by atoms with E-state index in [4.69, 9.17) is 11.6 Å². The summed E-state index contributed by atoms with van der Waals surface area (Å²) in [4.78, 5) is 0. The van der Waals surface area contributed by atoms with Gasteiger partial charge in [0.1, 0.15) is 0 Å². The molecule has 0 bridgehead atoms. The average molecular weight is 333 g/mol. The fraction of sp³-hybridized carbons (Fsp3) is 0.600. The summed E-state index contributed by atoms with van der Waals surface area (Å²) in [7, 11) is 0. The van der Waals surface area contributed by atoms with Crippen LogP contribution in [0.1, 0.15) is 39.7 Å². The Morgan fingerprint density at radius 2 is 2.00 bits per heavy atom. The van der Waals surface area contributed by atoms with E-state index in [1.807, 2.05) is 6.07 Å². The van der Waals surface area contributed by atoms with Crippen molar-refractivity contribution < 1.29 is 0 Å². The van der Waals surface area contributed by atoms with Crippen LogP contribution < -0.4 is 5.32 Å². The van der Waals surface area contributed by atoms with Crippen LogP contribution in [0.5, 0.6) is 0 Å². The standard InChI is InChI=1S/C15H23BrClN/c1-5-18-14(15(2,3)4)9-7-11-6-8-12(16)10-13(11)17/h6,8,10,14,18H,5,7,9H2,1-4H3. The first-order chi connectivity index (χ1) is 8.34. The third-order valence-corrected chi connectivity index (χ3v) is 4.06. The molecule has 0 radical (unpaired) electrons. The molecule has 0 fully saturated rings. The van der Waals surface area contributed by atoms with Crippen molar-refractivity contribution >= 4 is 27.5 Å². The first-order valence-electron chi connectivity index (χ1n) is 6.52. The van der Waals surface area contributed by atoms with Crippen molar-refractivity contribution in [3.05, 3.63) is 33.3 Å². The number of halogens is 2. The molecule has 0 aliphatic carbocycles. The molecule has 102 valence electrons. The van der Waals surface area contributed by atoms with E-state index in [1.165, 1.54) is 5.56 Å². The molecule has 0 aliphatic rings. The minimum Gasteiger partial charge on any atom is -0.314 e. The van der Waals surface area contributed by atoms with Crippen molar-refractivity contribution in [2.75, 3.05) is 6.54 Å². The SMILES string of the molecule is CCNC(CCc1ccc(Br)cc1Cl)C(C)(C)C. The van der Waals surface area contributed by atoms with Crippen LogP contribution >= 0.6 is 27.5 Å². The number of hydrogen-bond donors (Lipinski definition) is 1. The maximum absolute atomic E-state index is 6.25. The molecule has 1 aromatic carbocycles. The van der Waals surface area contributed by atoms with E-state index in [9.17, 15) is 0 Å². The van der Waals surface area contributed by atoms with Crippen molar-refractivity contribution in [1.29, 1.82) is 0 Å². The monoisotopic (exact) mass is 331 g/mol. The van der Waals surface area contributed by atoms with Crippen LogP contribution in [0.3, 0.4) is 0 Å². The van der Waals surface area contributed by atoms with Crippen LogP contribution in [0.2, 0.25) is 5.02 Å². The lowest BCUT2D eigenvalue weighted by atomic mass is 9.83. The minimum absolute atomic E-state index is 0.276. The Kier molecular flexibility index (Phi) is 6.16.